The fourth-order valence-electron chi connectivity index (χ4n) is 1.65. The average molecular weight is 376 g/mol. The van der Waals surface area contributed by atoms with Gasteiger partial charge in [-0.1, -0.05) is 0 Å². The minimum atomic E-state index is -3.63. The molecule has 1 aromatic heterocycles. The normalized spacial score (nSPS) is 13.3. The SMILES string of the molecule is Cc1csc(C(C)NS(=O)(=O)c2ccc(N)cc2Br)n1. The molecule has 0 radical (unpaired) electrons. The largest absolute Gasteiger partial charge is 0.399 e. The van der Waals surface area contributed by atoms with Crippen molar-refractivity contribution < 1.29 is 8.42 Å². The highest BCUT2D eigenvalue weighted by Crippen LogP contribution is 2.26. The molecule has 0 aliphatic rings. The molecule has 3 N–H and O–H groups in total. The number of aryl methyl sites for hydroxylation is 1. The summed E-state index contributed by atoms with van der Waals surface area (Å²) >= 11 is 4.65. The number of nitrogen functional groups attached to an aromatic ring is 1. The van der Waals surface area contributed by atoms with Crippen LogP contribution < -0.4 is 10.5 Å². The van der Waals surface area contributed by atoms with Crippen molar-refractivity contribution in [2.45, 2.75) is 24.8 Å². The summed E-state index contributed by atoms with van der Waals surface area (Å²) < 4.78 is 27.7. The molecule has 0 saturated heterocycles. The van der Waals surface area contributed by atoms with Gasteiger partial charge < -0.3 is 5.73 Å². The van der Waals surface area contributed by atoms with E-state index in [9.17, 15) is 8.42 Å². The lowest BCUT2D eigenvalue weighted by atomic mass is 10.3. The lowest BCUT2D eigenvalue weighted by Gasteiger charge is -2.13. The molecule has 0 fully saturated rings. The van der Waals surface area contributed by atoms with Gasteiger partial charge in [0.25, 0.3) is 0 Å². The van der Waals surface area contributed by atoms with Gasteiger partial charge in [-0.05, 0) is 48.0 Å². The first kappa shape index (κ1) is 15.4. The van der Waals surface area contributed by atoms with Gasteiger partial charge >= 0.3 is 0 Å². The number of aromatic nitrogens is 1. The Morgan fingerprint density at radius 3 is 2.70 bits per heavy atom. The summed E-state index contributed by atoms with van der Waals surface area (Å²) in [6.07, 6.45) is 0. The smallest absolute Gasteiger partial charge is 0.242 e. The molecule has 8 heteroatoms. The fourth-order valence-corrected chi connectivity index (χ4v) is 4.83. The predicted molar refractivity (Wildman–Crippen MR) is 84.1 cm³/mol. The number of hydrogen-bond donors (Lipinski definition) is 2. The van der Waals surface area contributed by atoms with Crippen LogP contribution in [0.5, 0.6) is 0 Å². The summed E-state index contributed by atoms with van der Waals surface area (Å²) in [5, 5.41) is 2.62. The molecule has 0 aliphatic carbocycles. The van der Waals surface area contributed by atoms with Crippen molar-refractivity contribution in [3.63, 3.8) is 0 Å². The Labute approximate surface area is 130 Å². The van der Waals surface area contributed by atoms with E-state index in [4.69, 9.17) is 5.73 Å². The number of benzene rings is 1. The van der Waals surface area contributed by atoms with Crippen LogP contribution in [0.15, 0.2) is 32.9 Å². The Balaban J connectivity index is 2.27. The molecule has 2 rings (SSSR count). The highest BCUT2D eigenvalue weighted by atomic mass is 79.9. The third-order valence-corrected chi connectivity index (χ3v) is 6.25. The van der Waals surface area contributed by atoms with Crippen LogP contribution in [0.3, 0.4) is 0 Å². The second-order valence-corrected chi connectivity index (χ2v) is 7.79. The summed E-state index contributed by atoms with van der Waals surface area (Å²) in [7, 11) is -3.63. The van der Waals surface area contributed by atoms with Crippen LogP contribution in [0.2, 0.25) is 0 Å². The molecule has 0 spiro atoms. The maximum Gasteiger partial charge on any atom is 0.242 e. The number of anilines is 1. The van der Waals surface area contributed by atoms with Crippen LogP contribution in [0.4, 0.5) is 5.69 Å². The van der Waals surface area contributed by atoms with E-state index in [1.54, 1.807) is 19.1 Å². The molecule has 108 valence electrons. The number of hydrogen-bond acceptors (Lipinski definition) is 5. The molecule has 0 amide bonds. The zero-order chi connectivity index (χ0) is 14.9. The lowest BCUT2D eigenvalue weighted by molar-refractivity contribution is 0.565. The van der Waals surface area contributed by atoms with E-state index >= 15 is 0 Å². The predicted octanol–water partition coefficient (Wildman–Crippen LogP) is 2.84. The van der Waals surface area contributed by atoms with Crippen molar-refractivity contribution in [2.24, 2.45) is 0 Å². The van der Waals surface area contributed by atoms with Crippen molar-refractivity contribution in [2.75, 3.05) is 5.73 Å². The van der Waals surface area contributed by atoms with Gasteiger partial charge in [-0.2, -0.15) is 0 Å². The molecule has 0 saturated carbocycles. The van der Waals surface area contributed by atoms with Crippen molar-refractivity contribution in [1.29, 1.82) is 0 Å². The standard InChI is InChI=1S/C12H14BrN3O2S2/c1-7-6-19-12(15-7)8(2)16-20(17,18)11-4-3-9(14)5-10(11)13/h3-6,8,16H,14H2,1-2H3. The maximum absolute atomic E-state index is 12.3. The van der Waals surface area contributed by atoms with Gasteiger partial charge in [0.2, 0.25) is 10.0 Å². The van der Waals surface area contributed by atoms with Gasteiger partial charge in [0.1, 0.15) is 5.01 Å². The molecule has 0 bridgehead atoms. The Kier molecular flexibility index (Phi) is 4.48. The minimum Gasteiger partial charge on any atom is -0.399 e. The molecule has 0 aliphatic heterocycles. The zero-order valence-electron chi connectivity index (χ0n) is 10.9. The van der Waals surface area contributed by atoms with Crippen LogP contribution >= 0.6 is 27.3 Å². The molecular formula is C12H14BrN3O2S2. The second kappa shape index (κ2) is 5.80. The number of nitrogens with zero attached hydrogens (tertiary/aromatic N) is 1. The van der Waals surface area contributed by atoms with Crippen molar-refractivity contribution in [3.8, 4) is 0 Å². The Morgan fingerprint density at radius 1 is 1.45 bits per heavy atom. The average Bonchev–Trinajstić information content (AvgIpc) is 2.74. The number of nitrogens with two attached hydrogens (primary N) is 1. The molecule has 1 aromatic carbocycles. The topological polar surface area (TPSA) is 85.1 Å². The van der Waals surface area contributed by atoms with Crippen molar-refractivity contribution in [1.82, 2.24) is 9.71 Å². The van der Waals surface area contributed by atoms with E-state index in [-0.39, 0.29) is 10.9 Å². The fraction of sp³-hybridized carbons (Fsp3) is 0.250. The molecular weight excluding hydrogens is 362 g/mol. The van der Waals surface area contributed by atoms with Crippen LogP contribution in [0, 0.1) is 6.92 Å². The number of halogens is 1. The molecule has 1 unspecified atom stereocenters. The number of sulfonamides is 1. The van der Waals surface area contributed by atoms with E-state index in [0.29, 0.717) is 10.2 Å². The van der Waals surface area contributed by atoms with Crippen LogP contribution in [-0.2, 0) is 10.0 Å². The van der Waals surface area contributed by atoms with Crippen molar-refractivity contribution >= 4 is 43.0 Å². The van der Waals surface area contributed by atoms with Crippen molar-refractivity contribution in [3.05, 3.63) is 38.8 Å². The van der Waals surface area contributed by atoms with Gasteiger partial charge in [-0.3, -0.25) is 0 Å². The first-order valence-corrected chi connectivity index (χ1v) is 8.94. The first-order valence-electron chi connectivity index (χ1n) is 5.79. The number of thiazole rings is 1. The maximum atomic E-state index is 12.3. The van der Waals surface area contributed by atoms with Gasteiger partial charge in [0.15, 0.2) is 0 Å². The molecule has 1 atom stereocenters. The van der Waals surface area contributed by atoms with E-state index in [1.807, 2.05) is 12.3 Å². The highest BCUT2D eigenvalue weighted by Gasteiger charge is 2.22. The van der Waals surface area contributed by atoms with Gasteiger partial charge in [0, 0.05) is 21.2 Å². The van der Waals surface area contributed by atoms with Gasteiger partial charge in [-0.25, -0.2) is 18.1 Å². The monoisotopic (exact) mass is 375 g/mol. The zero-order valence-corrected chi connectivity index (χ0v) is 14.1. The molecule has 1 heterocycles. The Morgan fingerprint density at radius 2 is 2.15 bits per heavy atom. The van der Waals surface area contributed by atoms with Crippen LogP contribution in [0.25, 0.3) is 0 Å². The quantitative estimate of drug-likeness (QED) is 0.804. The van der Waals surface area contributed by atoms with E-state index < -0.39 is 10.0 Å². The molecule has 5 nitrogen and oxygen atoms in total. The Bertz CT molecular complexity index is 728. The van der Waals surface area contributed by atoms with Gasteiger partial charge in [0.05, 0.1) is 10.9 Å². The minimum absolute atomic E-state index is 0.159. The number of rotatable bonds is 4. The second-order valence-electron chi connectivity index (χ2n) is 4.36. The third-order valence-electron chi connectivity index (χ3n) is 2.58. The van der Waals surface area contributed by atoms with Crippen LogP contribution in [0.1, 0.15) is 23.7 Å². The summed E-state index contributed by atoms with van der Waals surface area (Å²) in [6, 6.07) is 4.20. The summed E-state index contributed by atoms with van der Waals surface area (Å²) in [4.78, 5) is 4.44. The van der Waals surface area contributed by atoms with E-state index in [1.165, 1.54) is 17.4 Å². The van der Waals surface area contributed by atoms with Crippen LogP contribution in [-0.4, -0.2) is 13.4 Å². The highest BCUT2D eigenvalue weighted by molar-refractivity contribution is 9.10. The number of nitrogens with one attached hydrogen (secondary N) is 1. The summed E-state index contributed by atoms with van der Waals surface area (Å²) in [6.45, 7) is 3.64. The molecule has 20 heavy (non-hydrogen) atoms. The Hall–Kier alpha value is -0.960. The summed E-state index contributed by atoms with van der Waals surface area (Å²) in [5.74, 6) is 0. The summed E-state index contributed by atoms with van der Waals surface area (Å²) in [5.41, 5.74) is 6.99. The lowest BCUT2D eigenvalue weighted by Crippen LogP contribution is -2.27. The molecule has 2 aromatic rings. The van der Waals surface area contributed by atoms with Gasteiger partial charge in [-0.15, -0.1) is 11.3 Å². The first-order chi connectivity index (χ1) is 9.29. The van der Waals surface area contributed by atoms with E-state index in [0.717, 1.165) is 10.7 Å². The third kappa shape index (κ3) is 3.38. The van der Waals surface area contributed by atoms with E-state index in [2.05, 4.69) is 25.6 Å².